The van der Waals surface area contributed by atoms with Crippen molar-refractivity contribution in [3.8, 4) is 17.0 Å². The third-order valence-electron chi connectivity index (χ3n) is 3.46. The minimum absolute atomic E-state index is 0.0108. The lowest BCUT2D eigenvalue weighted by Crippen LogP contribution is -2.11. The molecular formula is C15H22N4O. The highest BCUT2D eigenvalue weighted by molar-refractivity contribution is 5.61. The number of nitrogens with zero attached hydrogens (tertiary/aromatic N) is 2. The van der Waals surface area contributed by atoms with Gasteiger partial charge >= 0.3 is 0 Å². The number of benzene rings is 1. The maximum absolute atomic E-state index is 6.31. The summed E-state index contributed by atoms with van der Waals surface area (Å²) in [7, 11) is 1.67. The molecular weight excluding hydrogens is 252 g/mol. The number of ether oxygens (including phenoxy) is 1. The van der Waals surface area contributed by atoms with E-state index in [1.807, 2.05) is 18.2 Å². The smallest absolute Gasteiger partial charge is 0.123 e. The minimum atomic E-state index is -0.0108. The standard InChI is InChI=1S/C15H22N4O/c1-3-4-5-6-13(16)12-9-11(7-8-15(12)20-2)14-10-17-19-18-14/h7-10,13H,3-6,16H2,1-2H3,(H,17,18,19). The first-order valence-corrected chi connectivity index (χ1v) is 7.06. The molecule has 0 saturated heterocycles. The molecule has 108 valence electrons. The normalized spacial score (nSPS) is 12.3. The molecule has 0 spiro atoms. The van der Waals surface area contributed by atoms with Crippen molar-refractivity contribution in [2.24, 2.45) is 5.73 Å². The molecule has 0 radical (unpaired) electrons. The maximum Gasteiger partial charge on any atom is 0.123 e. The molecule has 0 fully saturated rings. The van der Waals surface area contributed by atoms with Gasteiger partial charge in [0.1, 0.15) is 11.4 Å². The molecule has 0 saturated carbocycles. The highest BCUT2D eigenvalue weighted by atomic mass is 16.5. The lowest BCUT2D eigenvalue weighted by molar-refractivity contribution is 0.403. The van der Waals surface area contributed by atoms with Crippen molar-refractivity contribution in [1.82, 2.24) is 15.4 Å². The molecule has 2 rings (SSSR count). The summed E-state index contributed by atoms with van der Waals surface area (Å²) in [5, 5.41) is 10.6. The maximum atomic E-state index is 6.31. The van der Waals surface area contributed by atoms with E-state index in [0.29, 0.717) is 0 Å². The third kappa shape index (κ3) is 3.36. The summed E-state index contributed by atoms with van der Waals surface area (Å²) >= 11 is 0. The number of hydrogen-bond acceptors (Lipinski definition) is 4. The molecule has 0 aliphatic heterocycles. The van der Waals surface area contributed by atoms with E-state index in [1.165, 1.54) is 12.8 Å². The van der Waals surface area contributed by atoms with E-state index in [1.54, 1.807) is 13.3 Å². The van der Waals surface area contributed by atoms with E-state index in [2.05, 4.69) is 22.3 Å². The number of aromatic amines is 1. The van der Waals surface area contributed by atoms with E-state index in [0.717, 1.165) is 35.4 Å². The van der Waals surface area contributed by atoms with Gasteiger partial charge in [0.05, 0.1) is 13.3 Å². The van der Waals surface area contributed by atoms with Gasteiger partial charge in [0.25, 0.3) is 0 Å². The largest absolute Gasteiger partial charge is 0.496 e. The molecule has 0 aliphatic rings. The second-order valence-electron chi connectivity index (χ2n) is 4.91. The lowest BCUT2D eigenvalue weighted by atomic mass is 9.97. The molecule has 2 aromatic rings. The van der Waals surface area contributed by atoms with E-state index in [9.17, 15) is 0 Å². The molecule has 0 amide bonds. The highest BCUT2D eigenvalue weighted by Gasteiger charge is 2.14. The van der Waals surface area contributed by atoms with E-state index >= 15 is 0 Å². The number of nitrogens with two attached hydrogens (primary N) is 1. The van der Waals surface area contributed by atoms with Crippen LogP contribution in [-0.4, -0.2) is 22.5 Å². The summed E-state index contributed by atoms with van der Waals surface area (Å²) in [6, 6.07) is 5.95. The van der Waals surface area contributed by atoms with Crippen molar-refractivity contribution in [3.63, 3.8) is 0 Å². The molecule has 5 heteroatoms. The molecule has 0 aliphatic carbocycles. The predicted molar refractivity (Wildman–Crippen MR) is 79.4 cm³/mol. The second-order valence-corrected chi connectivity index (χ2v) is 4.91. The average Bonchev–Trinajstić information content (AvgIpc) is 3.01. The molecule has 1 heterocycles. The second kappa shape index (κ2) is 7.05. The number of methoxy groups -OCH3 is 1. The van der Waals surface area contributed by atoms with Crippen LogP contribution >= 0.6 is 0 Å². The summed E-state index contributed by atoms with van der Waals surface area (Å²) in [6.07, 6.45) is 6.21. The molecule has 5 nitrogen and oxygen atoms in total. The van der Waals surface area contributed by atoms with Crippen molar-refractivity contribution >= 4 is 0 Å². The first kappa shape index (κ1) is 14.5. The van der Waals surface area contributed by atoms with Gasteiger partial charge < -0.3 is 10.5 Å². The molecule has 0 bridgehead atoms. The fraction of sp³-hybridized carbons (Fsp3) is 0.467. The van der Waals surface area contributed by atoms with Gasteiger partial charge in [-0.15, -0.1) is 0 Å². The average molecular weight is 274 g/mol. The van der Waals surface area contributed by atoms with Gasteiger partial charge in [-0.05, 0) is 24.6 Å². The highest BCUT2D eigenvalue weighted by Crippen LogP contribution is 2.31. The third-order valence-corrected chi connectivity index (χ3v) is 3.46. The van der Waals surface area contributed by atoms with E-state index in [-0.39, 0.29) is 6.04 Å². The summed E-state index contributed by atoms with van der Waals surface area (Å²) < 4.78 is 5.42. The van der Waals surface area contributed by atoms with Crippen LogP contribution in [0.5, 0.6) is 5.75 Å². The van der Waals surface area contributed by atoms with Crippen molar-refractivity contribution in [3.05, 3.63) is 30.0 Å². The van der Waals surface area contributed by atoms with Crippen molar-refractivity contribution in [2.75, 3.05) is 7.11 Å². The number of unbranched alkanes of at least 4 members (excludes halogenated alkanes) is 2. The van der Waals surface area contributed by atoms with Gasteiger partial charge in [0.15, 0.2) is 0 Å². The Labute approximate surface area is 119 Å². The van der Waals surface area contributed by atoms with Gasteiger partial charge in [0.2, 0.25) is 0 Å². The van der Waals surface area contributed by atoms with E-state index in [4.69, 9.17) is 10.5 Å². The Morgan fingerprint density at radius 1 is 1.35 bits per heavy atom. The first-order chi connectivity index (χ1) is 9.76. The van der Waals surface area contributed by atoms with Gasteiger partial charge in [0, 0.05) is 17.2 Å². The van der Waals surface area contributed by atoms with Gasteiger partial charge in [-0.25, -0.2) is 0 Å². The van der Waals surface area contributed by atoms with Gasteiger partial charge in [-0.1, -0.05) is 26.2 Å². The Morgan fingerprint density at radius 3 is 2.85 bits per heavy atom. The van der Waals surface area contributed by atoms with Crippen LogP contribution in [0.3, 0.4) is 0 Å². The number of aromatic nitrogens is 3. The van der Waals surface area contributed by atoms with Crippen molar-refractivity contribution in [1.29, 1.82) is 0 Å². The number of H-pyrrole nitrogens is 1. The van der Waals surface area contributed by atoms with Crippen LogP contribution in [0.4, 0.5) is 0 Å². The van der Waals surface area contributed by atoms with Crippen molar-refractivity contribution in [2.45, 2.75) is 38.6 Å². The first-order valence-electron chi connectivity index (χ1n) is 7.06. The van der Waals surface area contributed by atoms with Crippen LogP contribution in [0.1, 0.15) is 44.2 Å². The Morgan fingerprint density at radius 2 is 2.20 bits per heavy atom. The topological polar surface area (TPSA) is 76.8 Å². The summed E-state index contributed by atoms with van der Waals surface area (Å²) in [5.41, 5.74) is 9.16. The summed E-state index contributed by atoms with van der Waals surface area (Å²) in [6.45, 7) is 2.19. The molecule has 1 aromatic carbocycles. The summed E-state index contributed by atoms with van der Waals surface area (Å²) in [4.78, 5) is 0. The van der Waals surface area contributed by atoms with Crippen LogP contribution in [0, 0.1) is 0 Å². The number of rotatable bonds is 7. The Hall–Kier alpha value is -1.88. The van der Waals surface area contributed by atoms with Gasteiger partial charge in [-0.2, -0.15) is 15.4 Å². The number of nitrogens with one attached hydrogen (secondary N) is 1. The SMILES string of the molecule is CCCCCC(N)c1cc(-c2cn[nH]n2)ccc1OC. The predicted octanol–water partition coefficient (Wildman–Crippen LogP) is 3.06. The van der Waals surface area contributed by atoms with Gasteiger partial charge in [-0.3, -0.25) is 0 Å². The fourth-order valence-corrected chi connectivity index (χ4v) is 2.29. The molecule has 20 heavy (non-hydrogen) atoms. The zero-order valence-corrected chi connectivity index (χ0v) is 12.1. The van der Waals surface area contributed by atoms with Crippen molar-refractivity contribution < 1.29 is 4.74 Å². The number of hydrogen-bond donors (Lipinski definition) is 2. The minimum Gasteiger partial charge on any atom is -0.496 e. The Balaban J connectivity index is 2.22. The molecule has 1 unspecified atom stereocenters. The Kier molecular flexibility index (Phi) is 5.12. The van der Waals surface area contributed by atoms with Crippen LogP contribution in [0.15, 0.2) is 24.4 Å². The Bertz CT molecular complexity index is 525. The zero-order chi connectivity index (χ0) is 14.4. The molecule has 1 aromatic heterocycles. The van der Waals surface area contributed by atoms with Crippen LogP contribution < -0.4 is 10.5 Å². The van der Waals surface area contributed by atoms with Crippen LogP contribution in [0.2, 0.25) is 0 Å². The van der Waals surface area contributed by atoms with Crippen LogP contribution in [-0.2, 0) is 0 Å². The zero-order valence-electron chi connectivity index (χ0n) is 12.1. The fourth-order valence-electron chi connectivity index (χ4n) is 2.29. The molecule has 3 N–H and O–H groups in total. The quantitative estimate of drug-likeness (QED) is 0.761. The van der Waals surface area contributed by atoms with E-state index < -0.39 is 0 Å². The summed E-state index contributed by atoms with van der Waals surface area (Å²) in [5.74, 6) is 0.834. The van der Waals surface area contributed by atoms with Crippen LogP contribution in [0.25, 0.3) is 11.3 Å². The lowest BCUT2D eigenvalue weighted by Gasteiger charge is -2.16. The monoisotopic (exact) mass is 274 g/mol. The molecule has 1 atom stereocenters.